The van der Waals surface area contributed by atoms with Crippen LogP contribution >= 0.6 is 11.9 Å². The number of fused-ring (bicyclic) bond motifs is 2. The molecule has 0 saturated heterocycles. The molecule has 4 rings (SSSR count). The second kappa shape index (κ2) is 6.33. The molecule has 2 aromatic rings. The summed E-state index contributed by atoms with van der Waals surface area (Å²) in [6, 6.07) is 7.78. The van der Waals surface area contributed by atoms with Crippen molar-refractivity contribution in [3.63, 3.8) is 0 Å². The molecule has 0 fully saturated rings. The van der Waals surface area contributed by atoms with Gasteiger partial charge in [0.15, 0.2) is 11.5 Å². The Labute approximate surface area is 143 Å². The second-order valence-electron chi connectivity index (χ2n) is 5.52. The first-order chi connectivity index (χ1) is 11.7. The fourth-order valence-electron chi connectivity index (χ4n) is 2.76. The summed E-state index contributed by atoms with van der Waals surface area (Å²) in [5.74, 6) is 1.18. The van der Waals surface area contributed by atoms with Gasteiger partial charge < -0.3 is 14.2 Å². The molecule has 3 heterocycles. The first-order valence-corrected chi connectivity index (χ1v) is 8.39. The zero-order valence-corrected chi connectivity index (χ0v) is 14.0. The summed E-state index contributed by atoms with van der Waals surface area (Å²) in [6.45, 7) is 2.71. The van der Waals surface area contributed by atoms with Crippen LogP contribution < -0.4 is 9.47 Å². The molecule has 0 spiro atoms. The van der Waals surface area contributed by atoms with Gasteiger partial charge in [-0.15, -0.1) is 0 Å². The SMILES string of the molecule is COC(=O)c1cc2c(cn1)CN(Sc1ccc3c(c1)OCCO3)C2. The van der Waals surface area contributed by atoms with E-state index in [0.29, 0.717) is 18.9 Å². The van der Waals surface area contributed by atoms with Gasteiger partial charge in [0.25, 0.3) is 0 Å². The molecule has 24 heavy (non-hydrogen) atoms. The normalized spacial score (nSPS) is 15.9. The van der Waals surface area contributed by atoms with E-state index in [2.05, 4.69) is 9.29 Å². The first-order valence-electron chi connectivity index (χ1n) is 7.61. The van der Waals surface area contributed by atoms with E-state index in [1.54, 1.807) is 18.1 Å². The molecule has 0 N–H and O–H groups in total. The third kappa shape index (κ3) is 2.92. The minimum atomic E-state index is -0.407. The van der Waals surface area contributed by atoms with Crippen LogP contribution in [0.1, 0.15) is 21.6 Å². The number of pyridine rings is 1. The molecule has 2 aliphatic heterocycles. The number of aromatic nitrogens is 1. The van der Waals surface area contributed by atoms with Crippen LogP contribution in [0.5, 0.6) is 11.5 Å². The van der Waals surface area contributed by atoms with Crippen LogP contribution in [0.4, 0.5) is 0 Å². The van der Waals surface area contributed by atoms with E-state index in [-0.39, 0.29) is 0 Å². The predicted octanol–water partition coefficient (Wildman–Crippen LogP) is 2.66. The highest BCUT2D eigenvalue weighted by atomic mass is 32.2. The molecule has 0 atom stereocenters. The highest BCUT2D eigenvalue weighted by molar-refractivity contribution is 7.97. The third-order valence-corrected chi connectivity index (χ3v) is 4.90. The number of methoxy groups -OCH3 is 1. The smallest absolute Gasteiger partial charge is 0.356 e. The summed E-state index contributed by atoms with van der Waals surface area (Å²) < 4.78 is 18.1. The number of esters is 1. The Morgan fingerprint density at radius 1 is 1.17 bits per heavy atom. The van der Waals surface area contributed by atoms with E-state index in [4.69, 9.17) is 14.2 Å². The first kappa shape index (κ1) is 15.3. The van der Waals surface area contributed by atoms with Gasteiger partial charge >= 0.3 is 5.97 Å². The summed E-state index contributed by atoms with van der Waals surface area (Å²) in [5.41, 5.74) is 2.59. The van der Waals surface area contributed by atoms with E-state index >= 15 is 0 Å². The second-order valence-corrected chi connectivity index (χ2v) is 6.69. The Balaban J connectivity index is 1.48. The van der Waals surface area contributed by atoms with Crippen LogP contribution in [-0.4, -0.2) is 35.6 Å². The number of rotatable bonds is 3. The summed E-state index contributed by atoms with van der Waals surface area (Å²) in [4.78, 5) is 16.9. The molecule has 1 aromatic heterocycles. The quantitative estimate of drug-likeness (QED) is 0.626. The van der Waals surface area contributed by atoms with Crippen molar-refractivity contribution in [2.75, 3.05) is 20.3 Å². The van der Waals surface area contributed by atoms with E-state index in [1.807, 2.05) is 24.3 Å². The summed E-state index contributed by atoms with van der Waals surface area (Å²) >= 11 is 1.65. The van der Waals surface area contributed by atoms with Gasteiger partial charge in [0.05, 0.1) is 7.11 Å². The lowest BCUT2D eigenvalue weighted by Crippen LogP contribution is -2.15. The summed E-state index contributed by atoms with van der Waals surface area (Å²) in [6.07, 6.45) is 1.76. The minimum Gasteiger partial charge on any atom is -0.486 e. The van der Waals surface area contributed by atoms with Crippen LogP contribution in [0.25, 0.3) is 0 Å². The van der Waals surface area contributed by atoms with Crippen molar-refractivity contribution in [1.29, 1.82) is 0 Å². The van der Waals surface area contributed by atoms with Crippen molar-refractivity contribution in [3.8, 4) is 11.5 Å². The third-order valence-electron chi connectivity index (χ3n) is 3.92. The lowest BCUT2D eigenvalue weighted by Gasteiger charge is -2.20. The Kier molecular flexibility index (Phi) is 4.03. The largest absolute Gasteiger partial charge is 0.486 e. The lowest BCUT2D eigenvalue weighted by molar-refractivity contribution is 0.0594. The van der Waals surface area contributed by atoms with E-state index in [0.717, 1.165) is 40.6 Å². The van der Waals surface area contributed by atoms with Crippen molar-refractivity contribution in [3.05, 3.63) is 47.3 Å². The number of hydrogen-bond acceptors (Lipinski definition) is 7. The fourth-order valence-corrected chi connectivity index (χ4v) is 3.76. The minimum absolute atomic E-state index is 0.349. The molecule has 0 saturated carbocycles. The van der Waals surface area contributed by atoms with Crippen LogP contribution in [0.2, 0.25) is 0 Å². The predicted molar refractivity (Wildman–Crippen MR) is 88.1 cm³/mol. The van der Waals surface area contributed by atoms with Crippen molar-refractivity contribution in [2.45, 2.75) is 18.0 Å². The molecule has 0 amide bonds. The van der Waals surface area contributed by atoms with Gasteiger partial charge in [-0.25, -0.2) is 14.1 Å². The topological polar surface area (TPSA) is 60.9 Å². The summed E-state index contributed by atoms with van der Waals surface area (Å²) in [5, 5.41) is 0. The van der Waals surface area contributed by atoms with Crippen LogP contribution in [-0.2, 0) is 17.8 Å². The Hall–Kier alpha value is -2.25. The molecular formula is C17H16N2O4S. The highest BCUT2D eigenvalue weighted by Crippen LogP contribution is 2.38. The van der Waals surface area contributed by atoms with Gasteiger partial charge in [-0.3, -0.25) is 0 Å². The zero-order chi connectivity index (χ0) is 16.5. The number of carbonyl (C=O) groups is 1. The van der Waals surface area contributed by atoms with E-state index in [9.17, 15) is 4.79 Å². The molecule has 2 aliphatic rings. The van der Waals surface area contributed by atoms with Crippen LogP contribution in [0.15, 0.2) is 35.4 Å². The maximum absolute atomic E-state index is 11.6. The van der Waals surface area contributed by atoms with Crippen molar-refractivity contribution in [1.82, 2.24) is 9.29 Å². The van der Waals surface area contributed by atoms with Gasteiger partial charge in [-0.2, -0.15) is 0 Å². The van der Waals surface area contributed by atoms with E-state index < -0.39 is 5.97 Å². The van der Waals surface area contributed by atoms with Gasteiger partial charge in [0, 0.05) is 24.2 Å². The average Bonchev–Trinajstić information content (AvgIpc) is 3.02. The molecule has 6 nitrogen and oxygen atoms in total. The molecule has 0 bridgehead atoms. The van der Waals surface area contributed by atoms with E-state index in [1.165, 1.54) is 7.11 Å². The molecular weight excluding hydrogens is 328 g/mol. The summed E-state index contributed by atoms with van der Waals surface area (Å²) in [7, 11) is 1.36. The fraction of sp³-hybridized carbons (Fsp3) is 0.294. The zero-order valence-electron chi connectivity index (χ0n) is 13.2. The maximum atomic E-state index is 11.6. The number of benzene rings is 1. The van der Waals surface area contributed by atoms with Crippen LogP contribution in [0.3, 0.4) is 0 Å². The number of carbonyl (C=O) groups excluding carboxylic acids is 1. The van der Waals surface area contributed by atoms with Crippen molar-refractivity contribution < 1.29 is 19.0 Å². The Morgan fingerprint density at radius 2 is 1.96 bits per heavy atom. The van der Waals surface area contributed by atoms with Gasteiger partial charge in [-0.05, 0) is 47.3 Å². The molecule has 7 heteroatoms. The lowest BCUT2D eigenvalue weighted by atomic mass is 10.1. The molecule has 124 valence electrons. The standard InChI is InChI=1S/C17H16N2O4S/c1-21-17(20)14-6-11-9-19(10-12(11)8-18-14)24-13-2-3-15-16(7-13)23-5-4-22-15/h2-3,6-8H,4-5,9-10H2,1H3. The number of nitrogens with zero attached hydrogens (tertiary/aromatic N) is 2. The molecule has 1 aromatic carbocycles. The highest BCUT2D eigenvalue weighted by Gasteiger charge is 2.23. The molecule has 0 aliphatic carbocycles. The van der Waals surface area contributed by atoms with Crippen LogP contribution in [0, 0.1) is 0 Å². The van der Waals surface area contributed by atoms with Gasteiger partial charge in [-0.1, -0.05) is 0 Å². The van der Waals surface area contributed by atoms with Crippen molar-refractivity contribution in [2.24, 2.45) is 0 Å². The van der Waals surface area contributed by atoms with Gasteiger partial charge in [0.1, 0.15) is 18.9 Å². The maximum Gasteiger partial charge on any atom is 0.356 e. The Morgan fingerprint density at radius 3 is 2.79 bits per heavy atom. The molecule has 0 radical (unpaired) electrons. The Bertz CT molecular complexity index is 796. The number of ether oxygens (including phenoxy) is 3. The molecule has 0 unspecified atom stereocenters. The monoisotopic (exact) mass is 344 g/mol. The average molecular weight is 344 g/mol. The van der Waals surface area contributed by atoms with Crippen molar-refractivity contribution >= 4 is 17.9 Å². The van der Waals surface area contributed by atoms with Gasteiger partial charge in [0.2, 0.25) is 0 Å². The number of hydrogen-bond donors (Lipinski definition) is 0.